The van der Waals surface area contributed by atoms with Gasteiger partial charge in [-0.15, -0.1) is 11.3 Å². The lowest BCUT2D eigenvalue weighted by molar-refractivity contribution is 0.797. The Bertz CT molecular complexity index is 739. The van der Waals surface area contributed by atoms with Crippen LogP contribution in [0, 0.1) is 0 Å². The van der Waals surface area contributed by atoms with Gasteiger partial charge in [-0.2, -0.15) is 4.52 Å². The summed E-state index contributed by atoms with van der Waals surface area (Å²) in [6, 6.07) is 3.93. The molecule has 5 nitrogen and oxygen atoms in total. The van der Waals surface area contributed by atoms with E-state index in [-0.39, 0.29) is 11.5 Å². The number of fused-ring (bicyclic) bond motifs is 1. The van der Waals surface area contributed by atoms with Crippen molar-refractivity contribution < 1.29 is 0 Å². The van der Waals surface area contributed by atoms with Crippen LogP contribution in [0.1, 0.15) is 25.3 Å². The van der Waals surface area contributed by atoms with Gasteiger partial charge in [0.15, 0.2) is 0 Å². The minimum Gasteiger partial charge on any atom is -0.278 e. The van der Waals surface area contributed by atoms with E-state index in [9.17, 15) is 4.79 Å². The van der Waals surface area contributed by atoms with Gasteiger partial charge in [-0.25, -0.2) is 9.97 Å². The van der Waals surface area contributed by atoms with E-state index >= 15 is 0 Å². The predicted molar refractivity (Wildman–Crippen MR) is 71.0 cm³/mol. The summed E-state index contributed by atoms with van der Waals surface area (Å²) in [4.78, 5) is 21.9. The van der Waals surface area contributed by atoms with E-state index < -0.39 is 0 Å². The second kappa shape index (κ2) is 4.06. The minimum absolute atomic E-state index is 0.0732. The van der Waals surface area contributed by atoms with Gasteiger partial charge in [-0.3, -0.25) is 9.89 Å². The van der Waals surface area contributed by atoms with Crippen molar-refractivity contribution in [1.82, 2.24) is 19.6 Å². The quantitative estimate of drug-likeness (QED) is 0.768. The first kappa shape index (κ1) is 11.2. The topological polar surface area (TPSA) is 63.1 Å². The average Bonchev–Trinajstić information content (AvgIpc) is 2.99. The molecule has 3 aromatic rings. The summed E-state index contributed by atoms with van der Waals surface area (Å²) in [5, 5.41) is 4.77. The van der Waals surface area contributed by atoms with E-state index in [1.807, 2.05) is 31.4 Å². The Labute approximate surface area is 107 Å². The van der Waals surface area contributed by atoms with E-state index in [2.05, 4.69) is 15.1 Å². The highest BCUT2D eigenvalue weighted by molar-refractivity contribution is 7.13. The molecule has 0 saturated carbocycles. The lowest BCUT2D eigenvalue weighted by Gasteiger charge is -2.09. The summed E-state index contributed by atoms with van der Waals surface area (Å²) < 4.78 is 1.38. The van der Waals surface area contributed by atoms with E-state index in [0.717, 1.165) is 16.1 Å². The number of nitrogens with one attached hydrogen (secondary N) is 1. The first-order valence-corrected chi connectivity index (χ1v) is 6.56. The highest BCUT2D eigenvalue weighted by Gasteiger charge is 2.18. The van der Waals surface area contributed by atoms with Crippen molar-refractivity contribution in [3.63, 3.8) is 0 Å². The molecule has 0 spiro atoms. The SMILES string of the molecule is CC(C)c1c(-c2cccs2)nc2nc[nH]n2c1=O. The zero-order valence-corrected chi connectivity index (χ0v) is 10.9. The average molecular weight is 260 g/mol. The van der Waals surface area contributed by atoms with Crippen LogP contribution in [0.3, 0.4) is 0 Å². The molecular weight excluding hydrogens is 248 g/mol. The third-order valence-corrected chi connectivity index (χ3v) is 3.68. The molecule has 0 unspecified atom stereocenters. The Balaban J connectivity index is 2.42. The van der Waals surface area contributed by atoms with Crippen molar-refractivity contribution in [2.45, 2.75) is 19.8 Å². The smallest absolute Gasteiger partial charge is 0.278 e. The summed E-state index contributed by atoms with van der Waals surface area (Å²) in [6.07, 6.45) is 1.48. The third kappa shape index (κ3) is 1.57. The maximum absolute atomic E-state index is 12.4. The zero-order chi connectivity index (χ0) is 12.7. The number of thiophene rings is 1. The molecule has 1 N–H and O–H groups in total. The highest BCUT2D eigenvalue weighted by Crippen LogP contribution is 2.28. The summed E-state index contributed by atoms with van der Waals surface area (Å²) in [5.74, 6) is 0.523. The molecule has 0 aliphatic heterocycles. The van der Waals surface area contributed by atoms with Crippen LogP contribution in [0.5, 0.6) is 0 Å². The van der Waals surface area contributed by atoms with Gasteiger partial charge in [-0.05, 0) is 17.4 Å². The van der Waals surface area contributed by atoms with Crippen LogP contribution in [0.15, 0.2) is 28.6 Å². The molecule has 3 aromatic heterocycles. The fourth-order valence-electron chi connectivity index (χ4n) is 1.99. The van der Waals surface area contributed by atoms with Gasteiger partial charge in [-0.1, -0.05) is 19.9 Å². The maximum atomic E-state index is 12.4. The van der Waals surface area contributed by atoms with E-state index in [0.29, 0.717) is 5.78 Å². The number of nitrogens with zero attached hydrogens (tertiary/aromatic N) is 3. The lowest BCUT2D eigenvalue weighted by atomic mass is 10.0. The number of hydrogen-bond donors (Lipinski definition) is 1. The van der Waals surface area contributed by atoms with Crippen molar-refractivity contribution in [1.29, 1.82) is 0 Å². The Hall–Kier alpha value is -1.95. The zero-order valence-electron chi connectivity index (χ0n) is 10.0. The molecule has 0 atom stereocenters. The fourth-order valence-corrected chi connectivity index (χ4v) is 2.72. The normalized spacial score (nSPS) is 11.5. The first-order chi connectivity index (χ1) is 8.68. The molecule has 0 bridgehead atoms. The van der Waals surface area contributed by atoms with Crippen LogP contribution < -0.4 is 5.56 Å². The molecule has 92 valence electrons. The van der Waals surface area contributed by atoms with Crippen molar-refractivity contribution >= 4 is 17.1 Å². The maximum Gasteiger partial charge on any atom is 0.278 e. The van der Waals surface area contributed by atoms with Gasteiger partial charge >= 0.3 is 0 Å². The van der Waals surface area contributed by atoms with E-state index in [1.54, 1.807) is 11.3 Å². The number of rotatable bonds is 2. The van der Waals surface area contributed by atoms with Gasteiger partial charge in [0.2, 0.25) is 0 Å². The summed E-state index contributed by atoms with van der Waals surface area (Å²) in [5.41, 5.74) is 1.40. The number of hydrogen-bond acceptors (Lipinski definition) is 4. The standard InChI is InChI=1S/C12H12N4OS/c1-7(2)9-10(8-4-3-5-18-8)15-12-13-6-14-16(12)11(9)17/h3-7H,1-2H3,(H,13,14,15). The molecule has 0 saturated heterocycles. The molecule has 18 heavy (non-hydrogen) atoms. The monoisotopic (exact) mass is 260 g/mol. The molecule has 0 fully saturated rings. The molecule has 0 radical (unpaired) electrons. The molecule has 0 amide bonds. The summed E-state index contributed by atoms with van der Waals surface area (Å²) >= 11 is 1.58. The van der Waals surface area contributed by atoms with Crippen molar-refractivity contribution in [3.8, 4) is 10.6 Å². The fraction of sp³-hybridized carbons (Fsp3) is 0.250. The number of aromatic amines is 1. The van der Waals surface area contributed by atoms with E-state index in [1.165, 1.54) is 10.8 Å². The molecule has 3 rings (SSSR count). The predicted octanol–water partition coefficient (Wildman–Crippen LogP) is 2.27. The molecular formula is C12H12N4OS. The number of aromatic nitrogens is 4. The Morgan fingerprint density at radius 1 is 1.44 bits per heavy atom. The van der Waals surface area contributed by atoms with Gasteiger partial charge in [0.05, 0.1) is 10.6 Å². The molecule has 0 aliphatic carbocycles. The van der Waals surface area contributed by atoms with Crippen LogP contribution in [0.25, 0.3) is 16.3 Å². The largest absolute Gasteiger partial charge is 0.278 e. The van der Waals surface area contributed by atoms with Crippen molar-refractivity contribution in [2.75, 3.05) is 0 Å². The second-order valence-corrected chi connectivity index (χ2v) is 5.28. The van der Waals surface area contributed by atoms with Gasteiger partial charge in [0.1, 0.15) is 6.33 Å². The molecule has 6 heteroatoms. The Morgan fingerprint density at radius 2 is 2.28 bits per heavy atom. The van der Waals surface area contributed by atoms with E-state index in [4.69, 9.17) is 0 Å². The third-order valence-electron chi connectivity index (χ3n) is 2.80. The highest BCUT2D eigenvalue weighted by atomic mass is 32.1. The first-order valence-electron chi connectivity index (χ1n) is 5.68. The van der Waals surface area contributed by atoms with Crippen molar-refractivity contribution in [2.24, 2.45) is 0 Å². The van der Waals surface area contributed by atoms with Crippen LogP contribution in [-0.4, -0.2) is 19.6 Å². The number of H-pyrrole nitrogens is 1. The van der Waals surface area contributed by atoms with Crippen LogP contribution >= 0.6 is 11.3 Å². The lowest BCUT2D eigenvalue weighted by Crippen LogP contribution is -2.22. The molecule has 0 aliphatic rings. The van der Waals surface area contributed by atoms with Crippen LogP contribution in [-0.2, 0) is 0 Å². The molecule has 3 heterocycles. The van der Waals surface area contributed by atoms with Gasteiger partial charge < -0.3 is 0 Å². The van der Waals surface area contributed by atoms with Gasteiger partial charge in [0.25, 0.3) is 11.3 Å². The van der Waals surface area contributed by atoms with Crippen LogP contribution in [0.2, 0.25) is 0 Å². The van der Waals surface area contributed by atoms with Crippen molar-refractivity contribution in [3.05, 3.63) is 39.8 Å². The Kier molecular flexibility index (Phi) is 2.52. The van der Waals surface area contributed by atoms with Crippen LogP contribution in [0.4, 0.5) is 0 Å². The summed E-state index contributed by atoms with van der Waals surface area (Å²) in [7, 11) is 0. The molecule has 0 aromatic carbocycles. The summed E-state index contributed by atoms with van der Waals surface area (Å²) in [6.45, 7) is 4.00. The van der Waals surface area contributed by atoms with Gasteiger partial charge in [0, 0.05) is 5.56 Å². The Morgan fingerprint density at radius 3 is 2.94 bits per heavy atom. The second-order valence-electron chi connectivity index (χ2n) is 4.33. The minimum atomic E-state index is -0.0732.